The van der Waals surface area contributed by atoms with E-state index in [1.165, 1.54) is 0 Å². The maximum absolute atomic E-state index is 12.6. The van der Waals surface area contributed by atoms with E-state index in [1.807, 2.05) is 31.1 Å². The number of pyridine rings is 1. The molecule has 1 aliphatic heterocycles. The zero-order chi connectivity index (χ0) is 16.2. The summed E-state index contributed by atoms with van der Waals surface area (Å²) in [7, 11) is 1.81. The van der Waals surface area contributed by atoms with Gasteiger partial charge in [0.05, 0.1) is 25.0 Å². The highest BCUT2D eigenvalue weighted by atomic mass is 16.5. The van der Waals surface area contributed by atoms with Gasteiger partial charge in [0.2, 0.25) is 0 Å². The summed E-state index contributed by atoms with van der Waals surface area (Å²) in [5.41, 5.74) is 2.82. The van der Waals surface area contributed by atoms with E-state index in [1.54, 1.807) is 17.1 Å². The lowest BCUT2D eigenvalue weighted by Crippen LogP contribution is -2.36. The van der Waals surface area contributed by atoms with Gasteiger partial charge in [0.25, 0.3) is 5.91 Å². The topological polar surface area (TPSA) is 60.2 Å². The number of hydrogen-bond donors (Lipinski definition) is 0. The van der Waals surface area contributed by atoms with Gasteiger partial charge in [0.1, 0.15) is 0 Å². The maximum atomic E-state index is 12.6. The molecular weight excluding hydrogens is 292 g/mol. The molecular formula is C17H22N4O2. The minimum atomic E-state index is 0.0189. The summed E-state index contributed by atoms with van der Waals surface area (Å²) in [5.74, 6) is 0.277. The van der Waals surface area contributed by atoms with Crippen molar-refractivity contribution in [3.05, 3.63) is 47.5 Å². The van der Waals surface area contributed by atoms with Crippen molar-refractivity contribution in [2.45, 2.75) is 13.3 Å². The second-order valence-corrected chi connectivity index (χ2v) is 6.13. The van der Waals surface area contributed by atoms with Crippen LogP contribution in [0.5, 0.6) is 0 Å². The molecule has 0 N–H and O–H groups in total. The summed E-state index contributed by atoms with van der Waals surface area (Å²) in [6, 6.07) is 4.12. The van der Waals surface area contributed by atoms with Crippen molar-refractivity contribution >= 4 is 5.91 Å². The van der Waals surface area contributed by atoms with E-state index >= 15 is 0 Å². The molecule has 1 atom stereocenters. The lowest BCUT2D eigenvalue weighted by atomic mass is 10.0. The molecule has 3 heterocycles. The number of rotatable bonds is 3. The third-order valence-electron chi connectivity index (χ3n) is 4.05. The zero-order valence-electron chi connectivity index (χ0n) is 13.6. The van der Waals surface area contributed by atoms with Crippen LogP contribution in [0.2, 0.25) is 0 Å². The standard InChI is InChI=1S/C17H22N4O2/c1-13-3-4-16(18-8-13)7-14-10-21(5-6-23-12-14)17(22)15-9-19-20(2)11-15/h3-4,8-9,11,14H,5-7,10,12H2,1-2H3. The monoisotopic (exact) mass is 314 g/mol. The molecule has 2 aromatic heterocycles. The van der Waals surface area contributed by atoms with Gasteiger partial charge in [-0.1, -0.05) is 6.07 Å². The first-order valence-corrected chi connectivity index (χ1v) is 7.89. The van der Waals surface area contributed by atoms with Crippen LogP contribution in [0.4, 0.5) is 0 Å². The van der Waals surface area contributed by atoms with Crippen LogP contribution in [-0.4, -0.2) is 51.9 Å². The summed E-state index contributed by atoms with van der Waals surface area (Å²) in [5, 5.41) is 4.08. The SMILES string of the molecule is Cc1ccc(CC2COCCN(C(=O)c3cnn(C)c3)C2)nc1. The van der Waals surface area contributed by atoms with Gasteiger partial charge in [-0.15, -0.1) is 0 Å². The highest BCUT2D eigenvalue weighted by Gasteiger charge is 2.24. The molecule has 0 spiro atoms. The van der Waals surface area contributed by atoms with Gasteiger partial charge in [-0.25, -0.2) is 0 Å². The molecule has 1 unspecified atom stereocenters. The van der Waals surface area contributed by atoms with Crippen molar-refractivity contribution in [1.82, 2.24) is 19.7 Å². The third kappa shape index (κ3) is 3.96. The van der Waals surface area contributed by atoms with Gasteiger partial charge in [-0.3, -0.25) is 14.5 Å². The lowest BCUT2D eigenvalue weighted by Gasteiger charge is -2.23. The van der Waals surface area contributed by atoms with Crippen molar-refractivity contribution in [1.29, 1.82) is 0 Å². The number of aromatic nitrogens is 3. The van der Waals surface area contributed by atoms with Crippen LogP contribution < -0.4 is 0 Å². The molecule has 1 aliphatic rings. The quantitative estimate of drug-likeness (QED) is 0.860. The zero-order valence-corrected chi connectivity index (χ0v) is 13.6. The van der Waals surface area contributed by atoms with Crippen molar-refractivity contribution in [3.8, 4) is 0 Å². The molecule has 0 aliphatic carbocycles. The second kappa shape index (κ2) is 6.91. The molecule has 23 heavy (non-hydrogen) atoms. The number of aryl methyl sites for hydroxylation is 2. The van der Waals surface area contributed by atoms with Crippen LogP contribution >= 0.6 is 0 Å². The molecule has 6 nitrogen and oxygen atoms in total. The summed E-state index contributed by atoms with van der Waals surface area (Å²) < 4.78 is 7.33. The highest BCUT2D eigenvalue weighted by Crippen LogP contribution is 2.15. The van der Waals surface area contributed by atoms with E-state index in [2.05, 4.69) is 16.1 Å². The predicted octanol–water partition coefficient (Wildman–Crippen LogP) is 1.45. The molecule has 0 saturated carbocycles. The Morgan fingerprint density at radius 3 is 2.96 bits per heavy atom. The molecule has 6 heteroatoms. The second-order valence-electron chi connectivity index (χ2n) is 6.13. The summed E-state index contributed by atoms with van der Waals surface area (Å²) in [6.45, 7) is 4.56. The number of amides is 1. The lowest BCUT2D eigenvalue weighted by molar-refractivity contribution is 0.0737. The Morgan fingerprint density at radius 1 is 1.39 bits per heavy atom. The number of hydrogen-bond acceptors (Lipinski definition) is 4. The normalized spacial score (nSPS) is 18.7. The van der Waals surface area contributed by atoms with Crippen LogP contribution in [0, 0.1) is 12.8 Å². The minimum Gasteiger partial charge on any atom is -0.379 e. The van der Waals surface area contributed by atoms with Crippen molar-refractivity contribution in [3.63, 3.8) is 0 Å². The molecule has 1 amide bonds. The van der Waals surface area contributed by atoms with E-state index in [9.17, 15) is 4.79 Å². The maximum Gasteiger partial charge on any atom is 0.257 e. The first-order valence-electron chi connectivity index (χ1n) is 7.89. The van der Waals surface area contributed by atoms with Crippen LogP contribution in [-0.2, 0) is 18.2 Å². The Hall–Kier alpha value is -2.21. The molecule has 0 radical (unpaired) electrons. The molecule has 0 bridgehead atoms. The van der Waals surface area contributed by atoms with Crippen molar-refractivity contribution in [2.75, 3.05) is 26.3 Å². The number of carbonyl (C=O) groups is 1. The largest absolute Gasteiger partial charge is 0.379 e. The van der Waals surface area contributed by atoms with Gasteiger partial charge in [0, 0.05) is 44.1 Å². The van der Waals surface area contributed by atoms with Crippen LogP contribution in [0.15, 0.2) is 30.7 Å². The van der Waals surface area contributed by atoms with Crippen LogP contribution in [0.1, 0.15) is 21.6 Å². The van der Waals surface area contributed by atoms with E-state index in [-0.39, 0.29) is 11.8 Å². The van der Waals surface area contributed by atoms with E-state index in [0.717, 1.165) is 17.7 Å². The first-order chi connectivity index (χ1) is 11.1. The molecule has 1 saturated heterocycles. The third-order valence-corrected chi connectivity index (χ3v) is 4.05. The average molecular weight is 314 g/mol. The summed E-state index contributed by atoms with van der Waals surface area (Å²) in [6.07, 6.45) is 6.07. The fourth-order valence-electron chi connectivity index (χ4n) is 2.82. The van der Waals surface area contributed by atoms with Crippen LogP contribution in [0.25, 0.3) is 0 Å². The highest BCUT2D eigenvalue weighted by molar-refractivity contribution is 5.93. The molecule has 1 fully saturated rings. The smallest absolute Gasteiger partial charge is 0.257 e. The Morgan fingerprint density at radius 2 is 2.26 bits per heavy atom. The fraction of sp³-hybridized carbons (Fsp3) is 0.471. The Bertz CT molecular complexity index is 665. The Labute approximate surface area is 136 Å². The number of nitrogens with zero attached hydrogens (tertiary/aromatic N) is 4. The van der Waals surface area contributed by atoms with Gasteiger partial charge in [0.15, 0.2) is 0 Å². The Kier molecular flexibility index (Phi) is 4.71. The predicted molar refractivity (Wildman–Crippen MR) is 86.1 cm³/mol. The van der Waals surface area contributed by atoms with E-state index in [0.29, 0.717) is 31.9 Å². The van der Waals surface area contributed by atoms with Crippen molar-refractivity contribution in [2.24, 2.45) is 13.0 Å². The Balaban J connectivity index is 1.68. The van der Waals surface area contributed by atoms with Crippen LogP contribution in [0.3, 0.4) is 0 Å². The van der Waals surface area contributed by atoms with Gasteiger partial charge in [-0.2, -0.15) is 5.10 Å². The van der Waals surface area contributed by atoms with E-state index in [4.69, 9.17) is 4.74 Å². The summed E-state index contributed by atoms with van der Waals surface area (Å²) in [4.78, 5) is 18.9. The fourth-order valence-corrected chi connectivity index (χ4v) is 2.82. The van der Waals surface area contributed by atoms with Gasteiger partial charge < -0.3 is 9.64 Å². The first kappa shape index (κ1) is 15.7. The van der Waals surface area contributed by atoms with Gasteiger partial charge in [-0.05, 0) is 25.0 Å². The molecule has 0 aromatic carbocycles. The van der Waals surface area contributed by atoms with E-state index < -0.39 is 0 Å². The number of carbonyl (C=O) groups excluding carboxylic acids is 1. The summed E-state index contributed by atoms with van der Waals surface area (Å²) >= 11 is 0. The molecule has 122 valence electrons. The number of ether oxygens (including phenoxy) is 1. The average Bonchev–Trinajstić information content (AvgIpc) is 2.84. The van der Waals surface area contributed by atoms with Gasteiger partial charge >= 0.3 is 0 Å². The van der Waals surface area contributed by atoms with Crippen molar-refractivity contribution < 1.29 is 9.53 Å². The molecule has 2 aromatic rings. The molecule has 3 rings (SSSR count). The minimum absolute atomic E-state index is 0.0189.